The second kappa shape index (κ2) is 5.83. The van der Waals surface area contributed by atoms with Crippen LogP contribution in [0.5, 0.6) is 0 Å². The number of hydrogen-bond acceptors (Lipinski definition) is 2. The lowest BCUT2D eigenvalue weighted by molar-refractivity contribution is 1.15. The van der Waals surface area contributed by atoms with Gasteiger partial charge in [-0.2, -0.15) is 0 Å². The maximum atomic E-state index is 3.36. The number of benzene rings is 2. The van der Waals surface area contributed by atoms with E-state index < -0.39 is 0 Å². The molecule has 2 aromatic carbocycles. The molecule has 0 heterocycles. The van der Waals surface area contributed by atoms with E-state index in [1.54, 1.807) is 0 Å². The van der Waals surface area contributed by atoms with Crippen molar-refractivity contribution in [1.29, 1.82) is 0 Å². The molecular formula is C13H16N2. The number of hydrogen-bond donors (Lipinski definition) is 2. The van der Waals surface area contributed by atoms with Crippen molar-refractivity contribution in [2.24, 2.45) is 0 Å². The molecule has 0 saturated heterocycles. The quantitative estimate of drug-likeness (QED) is 0.797. The number of rotatable bonds is 3. The SMILES string of the molecule is N.c1ccc(CNc2ccccc2)cc1. The monoisotopic (exact) mass is 200 g/mol. The number of nitrogens with one attached hydrogen (secondary N) is 1. The first-order valence-corrected chi connectivity index (χ1v) is 4.78. The fourth-order valence-corrected chi connectivity index (χ4v) is 1.36. The highest BCUT2D eigenvalue weighted by Crippen LogP contribution is 2.07. The van der Waals surface area contributed by atoms with Gasteiger partial charge in [0.1, 0.15) is 0 Å². The molecule has 15 heavy (non-hydrogen) atoms. The lowest BCUT2D eigenvalue weighted by Gasteiger charge is -2.05. The first kappa shape index (κ1) is 11.3. The van der Waals surface area contributed by atoms with E-state index in [0.29, 0.717) is 0 Å². The highest BCUT2D eigenvalue weighted by atomic mass is 14.9. The highest BCUT2D eigenvalue weighted by Gasteiger charge is 1.90. The average Bonchev–Trinajstić information content (AvgIpc) is 2.29. The summed E-state index contributed by atoms with van der Waals surface area (Å²) in [5.41, 5.74) is 2.47. The standard InChI is InChI=1S/C13H13N.H3N/c1-3-7-12(8-4-1)11-14-13-9-5-2-6-10-13;/h1-10,14H,11H2;1H3. The molecule has 0 atom stereocenters. The molecule has 0 amide bonds. The Morgan fingerprint density at radius 2 is 1.27 bits per heavy atom. The normalized spacial score (nSPS) is 9.07. The van der Waals surface area contributed by atoms with Crippen molar-refractivity contribution in [2.75, 3.05) is 5.32 Å². The minimum atomic E-state index is 0. The summed E-state index contributed by atoms with van der Waals surface area (Å²) in [7, 11) is 0. The summed E-state index contributed by atoms with van der Waals surface area (Å²) in [4.78, 5) is 0. The molecule has 2 rings (SSSR count). The molecule has 0 fully saturated rings. The Kier molecular flexibility index (Phi) is 4.38. The molecule has 0 aliphatic rings. The summed E-state index contributed by atoms with van der Waals surface area (Å²) in [6.07, 6.45) is 0. The fourth-order valence-electron chi connectivity index (χ4n) is 1.36. The molecule has 0 aliphatic carbocycles. The smallest absolute Gasteiger partial charge is 0.0400 e. The first-order valence-electron chi connectivity index (χ1n) is 4.78. The summed E-state index contributed by atoms with van der Waals surface area (Å²) in [5.74, 6) is 0. The van der Waals surface area contributed by atoms with Gasteiger partial charge in [0, 0.05) is 12.2 Å². The van der Waals surface area contributed by atoms with Gasteiger partial charge >= 0.3 is 0 Å². The fraction of sp³-hybridized carbons (Fsp3) is 0.0769. The molecule has 0 saturated carbocycles. The summed E-state index contributed by atoms with van der Waals surface area (Å²) in [6, 6.07) is 20.6. The molecule has 2 nitrogen and oxygen atoms in total. The zero-order chi connectivity index (χ0) is 9.64. The van der Waals surface area contributed by atoms with Crippen LogP contribution in [-0.4, -0.2) is 0 Å². The summed E-state index contributed by atoms with van der Waals surface area (Å²) in [5, 5.41) is 3.36. The van der Waals surface area contributed by atoms with E-state index in [1.165, 1.54) is 5.56 Å². The van der Waals surface area contributed by atoms with Gasteiger partial charge in [-0.15, -0.1) is 0 Å². The van der Waals surface area contributed by atoms with Gasteiger partial charge in [-0.1, -0.05) is 48.5 Å². The molecule has 0 aliphatic heterocycles. The Bertz CT molecular complexity index is 331. The molecular weight excluding hydrogens is 184 g/mol. The van der Waals surface area contributed by atoms with Gasteiger partial charge in [-0.25, -0.2) is 0 Å². The second-order valence-electron chi connectivity index (χ2n) is 3.21. The predicted molar refractivity (Wildman–Crippen MR) is 65.2 cm³/mol. The van der Waals surface area contributed by atoms with E-state index in [2.05, 4.69) is 41.7 Å². The van der Waals surface area contributed by atoms with Gasteiger partial charge < -0.3 is 11.5 Å². The largest absolute Gasteiger partial charge is 0.381 e. The number of anilines is 1. The van der Waals surface area contributed by atoms with Crippen molar-refractivity contribution < 1.29 is 0 Å². The Morgan fingerprint density at radius 3 is 1.87 bits per heavy atom. The predicted octanol–water partition coefficient (Wildman–Crippen LogP) is 3.46. The van der Waals surface area contributed by atoms with Crippen LogP contribution in [0, 0.1) is 0 Å². The van der Waals surface area contributed by atoms with Gasteiger partial charge in [-0.3, -0.25) is 0 Å². The average molecular weight is 200 g/mol. The van der Waals surface area contributed by atoms with E-state index in [1.807, 2.05) is 24.3 Å². The molecule has 2 aromatic rings. The molecule has 4 N–H and O–H groups in total. The first-order chi connectivity index (χ1) is 6.95. The van der Waals surface area contributed by atoms with Crippen molar-refractivity contribution in [2.45, 2.75) is 6.54 Å². The van der Waals surface area contributed by atoms with Gasteiger partial charge in [-0.05, 0) is 17.7 Å². The summed E-state index contributed by atoms with van der Waals surface area (Å²) < 4.78 is 0. The topological polar surface area (TPSA) is 47.0 Å². The number of para-hydroxylation sites is 1. The zero-order valence-corrected chi connectivity index (χ0v) is 8.69. The van der Waals surface area contributed by atoms with Gasteiger partial charge in [0.25, 0.3) is 0 Å². The van der Waals surface area contributed by atoms with Crippen LogP contribution < -0.4 is 11.5 Å². The Balaban J connectivity index is 0.00000112. The van der Waals surface area contributed by atoms with Crippen molar-refractivity contribution in [3.63, 3.8) is 0 Å². The van der Waals surface area contributed by atoms with Crippen LogP contribution in [0.2, 0.25) is 0 Å². The van der Waals surface area contributed by atoms with Crippen LogP contribution in [0.3, 0.4) is 0 Å². The summed E-state index contributed by atoms with van der Waals surface area (Å²) >= 11 is 0. The molecule has 0 radical (unpaired) electrons. The molecule has 2 heteroatoms. The minimum Gasteiger partial charge on any atom is -0.381 e. The van der Waals surface area contributed by atoms with E-state index in [9.17, 15) is 0 Å². The third-order valence-electron chi connectivity index (χ3n) is 2.11. The molecule has 0 aromatic heterocycles. The van der Waals surface area contributed by atoms with Crippen LogP contribution >= 0.6 is 0 Å². The molecule has 0 bridgehead atoms. The van der Waals surface area contributed by atoms with Crippen LogP contribution in [0.1, 0.15) is 5.56 Å². The van der Waals surface area contributed by atoms with E-state index in [-0.39, 0.29) is 6.15 Å². The van der Waals surface area contributed by atoms with Crippen LogP contribution in [0.4, 0.5) is 5.69 Å². The van der Waals surface area contributed by atoms with Crippen molar-refractivity contribution in [1.82, 2.24) is 6.15 Å². The Labute approximate surface area is 90.5 Å². The highest BCUT2D eigenvalue weighted by molar-refractivity contribution is 5.43. The minimum absolute atomic E-state index is 0. The maximum Gasteiger partial charge on any atom is 0.0400 e. The van der Waals surface area contributed by atoms with Crippen molar-refractivity contribution in [3.8, 4) is 0 Å². The van der Waals surface area contributed by atoms with Crippen LogP contribution in [-0.2, 0) is 6.54 Å². The third kappa shape index (κ3) is 3.44. The maximum absolute atomic E-state index is 3.36. The lowest BCUT2D eigenvalue weighted by Crippen LogP contribution is -1.98. The van der Waals surface area contributed by atoms with Crippen molar-refractivity contribution in [3.05, 3.63) is 66.2 Å². The van der Waals surface area contributed by atoms with Crippen LogP contribution in [0.15, 0.2) is 60.7 Å². The lowest BCUT2D eigenvalue weighted by atomic mass is 10.2. The van der Waals surface area contributed by atoms with Gasteiger partial charge in [0.05, 0.1) is 0 Å². The molecule has 0 unspecified atom stereocenters. The summed E-state index contributed by atoms with van der Waals surface area (Å²) in [6.45, 7) is 0.880. The zero-order valence-electron chi connectivity index (χ0n) is 8.69. The van der Waals surface area contributed by atoms with E-state index >= 15 is 0 Å². The van der Waals surface area contributed by atoms with E-state index in [4.69, 9.17) is 0 Å². The van der Waals surface area contributed by atoms with Crippen LogP contribution in [0.25, 0.3) is 0 Å². The van der Waals surface area contributed by atoms with Gasteiger partial charge in [0.2, 0.25) is 0 Å². The Morgan fingerprint density at radius 1 is 0.733 bits per heavy atom. The molecule has 0 spiro atoms. The second-order valence-corrected chi connectivity index (χ2v) is 3.21. The molecule has 78 valence electrons. The van der Waals surface area contributed by atoms with E-state index in [0.717, 1.165) is 12.2 Å². The third-order valence-corrected chi connectivity index (χ3v) is 2.11. The van der Waals surface area contributed by atoms with Gasteiger partial charge in [0.15, 0.2) is 0 Å². The Hall–Kier alpha value is -1.80. The van der Waals surface area contributed by atoms with Crippen molar-refractivity contribution >= 4 is 5.69 Å².